The van der Waals surface area contributed by atoms with Gasteiger partial charge < -0.3 is 10.2 Å². The van der Waals surface area contributed by atoms with Gasteiger partial charge in [-0.2, -0.15) is 0 Å². The largest absolute Gasteiger partial charge is 0.367 e. The zero-order chi connectivity index (χ0) is 20.2. The van der Waals surface area contributed by atoms with Crippen molar-refractivity contribution in [2.45, 2.75) is 19.4 Å². The number of hydrogen-bond acceptors (Lipinski definition) is 4. The van der Waals surface area contributed by atoms with Crippen LogP contribution in [-0.4, -0.2) is 17.4 Å². The Morgan fingerprint density at radius 3 is 2.52 bits per heavy atom. The van der Waals surface area contributed by atoms with Crippen molar-refractivity contribution in [2.75, 3.05) is 16.8 Å². The molecule has 1 amide bonds. The van der Waals surface area contributed by atoms with Gasteiger partial charge in [0, 0.05) is 36.6 Å². The van der Waals surface area contributed by atoms with Crippen molar-refractivity contribution in [1.29, 1.82) is 0 Å². The van der Waals surface area contributed by atoms with E-state index in [1.54, 1.807) is 12.1 Å². The van der Waals surface area contributed by atoms with Gasteiger partial charge in [-0.15, -0.1) is 0 Å². The van der Waals surface area contributed by atoms with E-state index in [9.17, 15) is 14.9 Å². The van der Waals surface area contributed by atoms with E-state index in [2.05, 4.69) is 34.5 Å². The van der Waals surface area contributed by atoms with Gasteiger partial charge in [0.1, 0.15) is 0 Å². The first-order valence-electron chi connectivity index (χ1n) is 9.54. The van der Waals surface area contributed by atoms with Crippen LogP contribution in [0.1, 0.15) is 16.7 Å². The molecule has 4 rings (SSSR count). The summed E-state index contributed by atoms with van der Waals surface area (Å²) in [7, 11) is 0. The SMILES string of the molecule is O=C(Cc1ccc([N+](=O)[O-])cc1)Nc1ccccc1CN1CCc2ccccc21. The van der Waals surface area contributed by atoms with Crippen LogP contribution in [0.3, 0.4) is 0 Å². The number of fused-ring (bicyclic) bond motifs is 1. The van der Waals surface area contributed by atoms with Crippen LogP contribution in [0, 0.1) is 10.1 Å². The van der Waals surface area contributed by atoms with E-state index in [0.717, 1.165) is 36.3 Å². The minimum absolute atomic E-state index is 0.0189. The van der Waals surface area contributed by atoms with Crippen molar-refractivity contribution in [3.63, 3.8) is 0 Å². The molecule has 3 aromatic rings. The highest BCUT2D eigenvalue weighted by Crippen LogP contribution is 2.30. The van der Waals surface area contributed by atoms with E-state index >= 15 is 0 Å². The molecule has 1 N–H and O–H groups in total. The number of para-hydroxylation sites is 2. The van der Waals surface area contributed by atoms with Crippen LogP contribution in [0.4, 0.5) is 17.1 Å². The number of amides is 1. The Morgan fingerprint density at radius 1 is 1.00 bits per heavy atom. The Hall–Kier alpha value is -3.67. The van der Waals surface area contributed by atoms with Gasteiger partial charge in [0.05, 0.1) is 11.3 Å². The molecular formula is C23H21N3O3. The number of nitrogens with one attached hydrogen (secondary N) is 1. The molecule has 0 unspecified atom stereocenters. The van der Waals surface area contributed by atoms with Crippen LogP contribution < -0.4 is 10.2 Å². The van der Waals surface area contributed by atoms with Crippen LogP contribution in [0.5, 0.6) is 0 Å². The minimum atomic E-state index is -0.448. The molecule has 1 aliphatic heterocycles. The highest BCUT2D eigenvalue weighted by Gasteiger charge is 2.19. The van der Waals surface area contributed by atoms with Gasteiger partial charge in [0.25, 0.3) is 5.69 Å². The van der Waals surface area contributed by atoms with Crippen molar-refractivity contribution >= 4 is 23.0 Å². The summed E-state index contributed by atoms with van der Waals surface area (Å²) in [5.74, 6) is -0.145. The molecule has 0 fully saturated rings. The summed E-state index contributed by atoms with van der Waals surface area (Å²) < 4.78 is 0. The lowest BCUT2D eigenvalue weighted by molar-refractivity contribution is -0.384. The third-order valence-corrected chi connectivity index (χ3v) is 5.15. The Balaban J connectivity index is 1.44. The molecular weight excluding hydrogens is 366 g/mol. The number of hydrogen-bond donors (Lipinski definition) is 1. The molecule has 6 nitrogen and oxygen atoms in total. The number of carbonyl (C=O) groups is 1. The summed E-state index contributed by atoms with van der Waals surface area (Å²) in [6.07, 6.45) is 1.20. The fourth-order valence-electron chi connectivity index (χ4n) is 3.67. The van der Waals surface area contributed by atoms with E-state index in [-0.39, 0.29) is 18.0 Å². The second kappa shape index (κ2) is 8.14. The number of benzene rings is 3. The van der Waals surface area contributed by atoms with E-state index in [4.69, 9.17) is 0 Å². The van der Waals surface area contributed by atoms with E-state index in [1.165, 1.54) is 23.4 Å². The first-order chi connectivity index (χ1) is 14.1. The van der Waals surface area contributed by atoms with Gasteiger partial charge in [0.15, 0.2) is 0 Å². The summed E-state index contributed by atoms with van der Waals surface area (Å²) in [4.78, 5) is 25.2. The first-order valence-corrected chi connectivity index (χ1v) is 9.54. The molecule has 1 heterocycles. The van der Waals surface area contributed by atoms with E-state index < -0.39 is 4.92 Å². The van der Waals surface area contributed by atoms with Crippen molar-refractivity contribution in [3.8, 4) is 0 Å². The Kier molecular flexibility index (Phi) is 5.24. The van der Waals surface area contributed by atoms with Crippen molar-refractivity contribution in [2.24, 2.45) is 0 Å². The number of anilines is 2. The molecule has 0 aromatic heterocycles. The molecule has 3 aromatic carbocycles. The first kappa shape index (κ1) is 18.7. The normalized spacial score (nSPS) is 12.5. The molecule has 1 aliphatic rings. The molecule has 29 heavy (non-hydrogen) atoms. The lowest BCUT2D eigenvalue weighted by Gasteiger charge is -2.21. The maximum absolute atomic E-state index is 12.5. The number of nitrogens with zero attached hydrogens (tertiary/aromatic N) is 2. The van der Waals surface area contributed by atoms with Crippen LogP contribution >= 0.6 is 0 Å². The maximum atomic E-state index is 12.5. The fourth-order valence-corrected chi connectivity index (χ4v) is 3.67. The Morgan fingerprint density at radius 2 is 1.72 bits per heavy atom. The van der Waals surface area contributed by atoms with Crippen LogP contribution in [0.25, 0.3) is 0 Å². The molecule has 0 spiro atoms. The molecule has 0 bridgehead atoms. The van der Waals surface area contributed by atoms with E-state index in [1.807, 2.05) is 24.3 Å². The number of rotatable bonds is 6. The summed E-state index contributed by atoms with van der Waals surface area (Å²) in [6.45, 7) is 1.69. The Labute approximate surface area is 168 Å². The lowest BCUT2D eigenvalue weighted by Crippen LogP contribution is -2.22. The average molecular weight is 387 g/mol. The predicted molar refractivity (Wildman–Crippen MR) is 113 cm³/mol. The number of non-ortho nitro benzene ring substituents is 1. The highest BCUT2D eigenvalue weighted by molar-refractivity contribution is 5.93. The fraction of sp³-hybridized carbons (Fsp3) is 0.174. The third-order valence-electron chi connectivity index (χ3n) is 5.15. The summed E-state index contributed by atoms with van der Waals surface area (Å²) in [6, 6.07) is 22.3. The topological polar surface area (TPSA) is 75.5 Å². The van der Waals surface area contributed by atoms with Crippen molar-refractivity contribution in [3.05, 3.63) is 99.6 Å². The van der Waals surface area contributed by atoms with Gasteiger partial charge in [-0.25, -0.2) is 0 Å². The van der Waals surface area contributed by atoms with Crippen LogP contribution in [0.15, 0.2) is 72.8 Å². The molecule has 6 heteroatoms. The van der Waals surface area contributed by atoms with Crippen molar-refractivity contribution in [1.82, 2.24) is 0 Å². The maximum Gasteiger partial charge on any atom is 0.269 e. The van der Waals surface area contributed by atoms with Gasteiger partial charge in [-0.05, 0) is 35.2 Å². The average Bonchev–Trinajstić information content (AvgIpc) is 3.13. The van der Waals surface area contributed by atoms with Crippen LogP contribution in [0.2, 0.25) is 0 Å². The number of nitro benzene ring substituents is 1. The Bertz CT molecular complexity index is 1050. The summed E-state index contributed by atoms with van der Waals surface area (Å²) >= 11 is 0. The minimum Gasteiger partial charge on any atom is -0.367 e. The quantitative estimate of drug-likeness (QED) is 0.504. The van der Waals surface area contributed by atoms with Gasteiger partial charge in [-0.3, -0.25) is 14.9 Å². The molecule has 0 atom stereocenters. The number of carbonyl (C=O) groups excluding carboxylic acids is 1. The van der Waals surface area contributed by atoms with Gasteiger partial charge >= 0.3 is 0 Å². The predicted octanol–water partition coefficient (Wildman–Crippen LogP) is 4.34. The molecule has 0 saturated carbocycles. The summed E-state index contributed by atoms with van der Waals surface area (Å²) in [5, 5.41) is 13.7. The van der Waals surface area contributed by atoms with Crippen molar-refractivity contribution < 1.29 is 9.72 Å². The molecule has 146 valence electrons. The smallest absolute Gasteiger partial charge is 0.269 e. The second-order valence-corrected chi connectivity index (χ2v) is 7.11. The molecule has 0 saturated heterocycles. The number of nitro groups is 1. The highest BCUT2D eigenvalue weighted by atomic mass is 16.6. The van der Waals surface area contributed by atoms with Crippen LogP contribution in [-0.2, 0) is 24.2 Å². The standard InChI is InChI=1S/C23H21N3O3/c27-23(15-17-9-11-20(12-10-17)26(28)29)24-21-7-3-1-6-19(21)16-25-14-13-18-5-2-4-8-22(18)25/h1-12H,13-16H2,(H,24,27). The zero-order valence-corrected chi connectivity index (χ0v) is 15.9. The monoisotopic (exact) mass is 387 g/mol. The summed E-state index contributed by atoms with van der Waals surface area (Å²) in [5.41, 5.74) is 5.21. The van der Waals surface area contributed by atoms with E-state index in [0.29, 0.717) is 0 Å². The van der Waals surface area contributed by atoms with Gasteiger partial charge in [-0.1, -0.05) is 48.5 Å². The third kappa shape index (κ3) is 4.27. The molecule has 0 radical (unpaired) electrons. The lowest BCUT2D eigenvalue weighted by atomic mass is 10.1. The second-order valence-electron chi connectivity index (χ2n) is 7.11. The zero-order valence-electron chi connectivity index (χ0n) is 15.9. The molecule has 0 aliphatic carbocycles. The van der Waals surface area contributed by atoms with Gasteiger partial charge in [0.2, 0.25) is 5.91 Å².